The van der Waals surface area contributed by atoms with E-state index in [1.807, 2.05) is 61.5 Å². The van der Waals surface area contributed by atoms with E-state index in [0.29, 0.717) is 17.9 Å². The number of nitrogens with zero attached hydrogens (tertiary/aromatic N) is 2. The summed E-state index contributed by atoms with van der Waals surface area (Å²) in [6, 6.07) is 14.6. The predicted octanol–water partition coefficient (Wildman–Crippen LogP) is 2.64. The van der Waals surface area contributed by atoms with Crippen LogP contribution in [0.1, 0.15) is 23.6 Å². The smallest absolute Gasteiger partial charge is 0.246 e. The minimum atomic E-state index is -3.34. The maximum Gasteiger partial charge on any atom is 0.246 e. The Morgan fingerprint density at radius 1 is 1.15 bits per heavy atom. The molecule has 0 saturated heterocycles. The summed E-state index contributed by atoms with van der Waals surface area (Å²) in [4.78, 5) is 14.8. The first-order chi connectivity index (χ1) is 12.8. The van der Waals surface area contributed by atoms with Crippen molar-refractivity contribution in [2.45, 2.75) is 18.9 Å². The zero-order chi connectivity index (χ0) is 19.6. The van der Waals surface area contributed by atoms with Gasteiger partial charge in [0.1, 0.15) is 6.04 Å². The summed E-state index contributed by atoms with van der Waals surface area (Å²) >= 11 is 0. The fraction of sp³-hybridized carbons (Fsp3) is 0.350. The average Bonchev–Trinajstić information content (AvgIpc) is 2.61. The van der Waals surface area contributed by atoms with Crippen molar-refractivity contribution in [1.29, 1.82) is 0 Å². The number of hydrogen-bond acceptors (Lipinski definition) is 4. The number of nitrogens with one attached hydrogen (secondary N) is 1. The second-order valence-corrected chi connectivity index (χ2v) is 8.96. The minimum Gasteiger partial charge on any atom is -0.324 e. The molecule has 144 valence electrons. The van der Waals surface area contributed by atoms with E-state index in [1.165, 1.54) is 10.6 Å². The van der Waals surface area contributed by atoms with Crippen LogP contribution in [0.2, 0.25) is 0 Å². The van der Waals surface area contributed by atoms with Gasteiger partial charge in [-0.3, -0.25) is 14.0 Å². The largest absolute Gasteiger partial charge is 0.324 e. The molecule has 1 aliphatic heterocycles. The van der Waals surface area contributed by atoms with Gasteiger partial charge in [-0.1, -0.05) is 36.4 Å². The van der Waals surface area contributed by atoms with Crippen LogP contribution in [-0.4, -0.2) is 46.1 Å². The fourth-order valence-corrected chi connectivity index (χ4v) is 4.48. The number of amides is 1. The summed E-state index contributed by atoms with van der Waals surface area (Å²) in [5.41, 5.74) is 3.13. The fourth-order valence-electron chi connectivity index (χ4n) is 3.49. The Hall–Kier alpha value is -2.38. The number of fused-ring (bicyclic) bond motifs is 1. The van der Waals surface area contributed by atoms with Crippen molar-refractivity contribution < 1.29 is 13.2 Å². The molecule has 0 aromatic heterocycles. The maximum absolute atomic E-state index is 12.9. The highest BCUT2D eigenvalue weighted by Crippen LogP contribution is 2.32. The summed E-state index contributed by atoms with van der Waals surface area (Å²) in [5.74, 6) is -0.159. The minimum absolute atomic E-state index is 0.159. The molecule has 0 radical (unpaired) electrons. The molecule has 1 amide bonds. The van der Waals surface area contributed by atoms with E-state index >= 15 is 0 Å². The first-order valence-electron chi connectivity index (χ1n) is 8.90. The topological polar surface area (TPSA) is 69.7 Å². The summed E-state index contributed by atoms with van der Waals surface area (Å²) in [7, 11) is 0.368. The van der Waals surface area contributed by atoms with Crippen molar-refractivity contribution in [3.63, 3.8) is 0 Å². The summed E-state index contributed by atoms with van der Waals surface area (Å²) in [5, 5.41) is 2.94. The Morgan fingerprint density at radius 3 is 2.48 bits per heavy atom. The van der Waals surface area contributed by atoms with Gasteiger partial charge in [-0.2, -0.15) is 0 Å². The zero-order valence-corrected chi connectivity index (χ0v) is 16.7. The van der Waals surface area contributed by atoms with Crippen LogP contribution in [0.4, 0.5) is 11.4 Å². The lowest BCUT2D eigenvalue weighted by Crippen LogP contribution is -2.35. The van der Waals surface area contributed by atoms with Gasteiger partial charge in [0, 0.05) is 12.2 Å². The number of sulfonamides is 1. The first-order valence-corrected chi connectivity index (χ1v) is 10.7. The molecule has 1 aliphatic rings. The van der Waals surface area contributed by atoms with E-state index in [1.54, 1.807) is 6.07 Å². The Balaban J connectivity index is 1.88. The Bertz CT molecular complexity index is 927. The standard InChI is InChI=1S/C20H25N3O3S/c1-22(2)19(16-8-5-4-6-9-16)20(24)21-17-12-11-15-10-7-13-23(18(15)14-17)27(3,25)26/h4-6,8-9,11-12,14,19H,7,10,13H2,1-3H3,(H,21,24). The number of carbonyl (C=O) groups is 1. The highest BCUT2D eigenvalue weighted by molar-refractivity contribution is 7.92. The number of hydrogen-bond donors (Lipinski definition) is 1. The van der Waals surface area contributed by atoms with Gasteiger partial charge < -0.3 is 5.32 Å². The lowest BCUT2D eigenvalue weighted by molar-refractivity contribution is -0.120. The van der Waals surface area contributed by atoms with Crippen LogP contribution in [0, 0.1) is 0 Å². The van der Waals surface area contributed by atoms with Gasteiger partial charge in [0.05, 0.1) is 11.9 Å². The van der Waals surface area contributed by atoms with Crippen molar-refractivity contribution in [2.75, 3.05) is 36.5 Å². The monoisotopic (exact) mass is 387 g/mol. The van der Waals surface area contributed by atoms with Gasteiger partial charge in [-0.25, -0.2) is 8.42 Å². The van der Waals surface area contributed by atoms with E-state index in [9.17, 15) is 13.2 Å². The summed E-state index contributed by atoms with van der Waals surface area (Å²) < 4.78 is 25.6. The van der Waals surface area contributed by atoms with Crippen LogP contribution in [0.3, 0.4) is 0 Å². The molecule has 1 N–H and O–H groups in total. The second kappa shape index (κ2) is 7.70. The maximum atomic E-state index is 12.9. The van der Waals surface area contributed by atoms with Crippen LogP contribution in [0.5, 0.6) is 0 Å². The highest BCUT2D eigenvalue weighted by atomic mass is 32.2. The molecule has 0 aliphatic carbocycles. The first kappa shape index (κ1) is 19.4. The molecule has 7 heteroatoms. The van der Waals surface area contributed by atoms with E-state index in [4.69, 9.17) is 0 Å². The number of carbonyl (C=O) groups excluding carboxylic acids is 1. The third kappa shape index (κ3) is 4.31. The second-order valence-electron chi connectivity index (χ2n) is 7.05. The molecule has 0 bridgehead atoms. The van der Waals surface area contributed by atoms with Crippen molar-refractivity contribution in [3.05, 3.63) is 59.7 Å². The van der Waals surface area contributed by atoms with Gasteiger partial charge >= 0.3 is 0 Å². The molecule has 0 fully saturated rings. The van der Waals surface area contributed by atoms with Crippen molar-refractivity contribution >= 4 is 27.3 Å². The molecule has 6 nitrogen and oxygen atoms in total. The van der Waals surface area contributed by atoms with E-state index in [0.717, 1.165) is 24.0 Å². The molecule has 2 aromatic rings. The van der Waals surface area contributed by atoms with Gasteiger partial charge in [-0.05, 0) is 50.2 Å². The van der Waals surface area contributed by atoms with Crippen LogP contribution < -0.4 is 9.62 Å². The molecule has 3 rings (SSSR count). The van der Waals surface area contributed by atoms with E-state index in [2.05, 4.69) is 5.32 Å². The number of rotatable bonds is 5. The van der Waals surface area contributed by atoms with E-state index < -0.39 is 16.1 Å². The lowest BCUT2D eigenvalue weighted by Gasteiger charge is -2.30. The number of anilines is 2. The van der Waals surface area contributed by atoms with Gasteiger partial charge in [0.15, 0.2) is 0 Å². The quantitative estimate of drug-likeness (QED) is 0.856. The number of likely N-dealkylation sites (N-methyl/N-ethyl adjacent to an activating group) is 1. The zero-order valence-electron chi connectivity index (χ0n) is 15.8. The molecule has 1 heterocycles. The van der Waals surface area contributed by atoms with Crippen molar-refractivity contribution in [2.24, 2.45) is 0 Å². The van der Waals surface area contributed by atoms with E-state index in [-0.39, 0.29) is 5.91 Å². The van der Waals surface area contributed by atoms with Crippen LogP contribution in [0.25, 0.3) is 0 Å². The number of benzene rings is 2. The molecule has 0 spiro atoms. The average molecular weight is 388 g/mol. The lowest BCUT2D eigenvalue weighted by atomic mass is 10.0. The molecule has 27 heavy (non-hydrogen) atoms. The molecular formula is C20H25N3O3S. The molecule has 2 aromatic carbocycles. The highest BCUT2D eigenvalue weighted by Gasteiger charge is 2.26. The summed E-state index contributed by atoms with van der Waals surface area (Å²) in [6.45, 7) is 0.466. The molecule has 1 atom stereocenters. The molecule has 1 unspecified atom stereocenters. The number of aryl methyl sites for hydroxylation is 1. The third-order valence-electron chi connectivity index (χ3n) is 4.71. The molecular weight excluding hydrogens is 362 g/mol. The van der Waals surface area contributed by atoms with Gasteiger partial charge in [0.25, 0.3) is 0 Å². The van der Waals surface area contributed by atoms with Crippen LogP contribution in [0.15, 0.2) is 48.5 Å². The van der Waals surface area contributed by atoms with Gasteiger partial charge in [-0.15, -0.1) is 0 Å². The Kier molecular flexibility index (Phi) is 5.53. The molecule has 0 saturated carbocycles. The van der Waals surface area contributed by atoms with Gasteiger partial charge in [0.2, 0.25) is 15.9 Å². The third-order valence-corrected chi connectivity index (χ3v) is 5.89. The van der Waals surface area contributed by atoms with Crippen molar-refractivity contribution in [3.8, 4) is 0 Å². The van der Waals surface area contributed by atoms with Crippen LogP contribution in [-0.2, 0) is 21.2 Å². The Labute approximate surface area is 160 Å². The Morgan fingerprint density at radius 2 is 1.85 bits per heavy atom. The van der Waals surface area contributed by atoms with Crippen LogP contribution >= 0.6 is 0 Å². The summed E-state index contributed by atoms with van der Waals surface area (Å²) in [6.07, 6.45) is 2.84. The SMILES string of the molecule is CN(C)C(C(=O)Nc1ccc2c(c1)N(S(C)(=O)=O)CCC2)c1ccccc1. The predicted molar refractivity (Wildman–Crippen MR) is 108 cm³/mol. The normalized spacial score (nSPS) is 15.3. The van der Waals surface area contributed by atoms with Crippen molar-refractivity contribution in [1.82, 2.24) is 4.90 Å².